The molecule has 4 nitrogen and oxygen atoms in total. The Morgan fingerprint density at radius 2 is 2.24 bits per heavy atom. The maximum Gasteiger partial charge on any atom is 0.266 e. The van der Waals surface area contributed by atoms with E-state index < -0.39 is 10.2 Å². The van der Waals surface area contributed by atoms with Crippen LogP contribution in [-0.4, -0.2) is 37.2 Å². The molecule has 0 aromatic carbocycles. The van der Waals surface area contributed by atoms with Crippen LogP contribution in [0.3, 0.4) is 0 Å². The molecule has 1 aliphatic carbocycles. The molecule has 2 fully saturated rings. The van der Waals surface area contributed by atoms with Crippen LogP contribution >= 0.6 is 24.0 Å². The van der Waals surface area contributed by atoms with E-state index in [9.17, 15) is 13.6 Å². The lowest BCUT2D eigenvalue weighted by molar-refractivity contribution is -0.123. The Balaban J connectivity index is 1.75. The van der Waals surface area contributed by atoms with Gasteiger partial charge in [-0.2, -0.15) is 0 Å². The normalized spacial score (nSPS) is 38.7. The van der Waals surface area contributed by atoms with Crippen molar-refractivity contribution >= 4 is 44.4 Å². The van der Waals surface area contributed by atoms with E-state index in [4.69, 9.17) is 12.2 Å². The van der Waals surface area contributed by atoms with Crippen molar-refractivity contribution in [3.05, 3.63) is 23.1 Å². The van der Waals surface area contributed by atoms with E-state index in [1.165, 1.54) is 16.7 Å². The first-order valence-corrected chi connectivity index (χ1v) is 10.1. The Labute approximate surface area is 135 Å². The van der Waals surface area contributed by atoms with Crippen molar-refractivity contribution in [3.63, 3.8) is 0 Å². The summed E-state index contributed by atoms with van der Waals surface area (Å²) in [5.74, 6) is 0.471. The van der Waals surface area contributed by atoms with Gasteiger partial charge in [-0.1, -0.05) is 42.2 Å². The van der Waals surface area contributed by atoms with Crippen molar-refractivity contribution in [2.45, 2.75) is 31.7 Å². The first-order chi connectivity index (χ1) is 9.96. The number of allylic oxidation sites excluding steroid dienone is 3. The number of carbonyl (C=O) groups excluding carboxylic acids is 1. The standard InChI is InChI=1S/C14H17NO3S3/c16-13-12(8-10-4-2-1-3-5-10)20-14(19)15(13)11-6-7-21(17,18)9-11/h1-2,8,10-11H,3-7,9H2/b12-8+. The molecule has 0 bridgehead atoms. The van der Waals surface area contributed by atoms with Gasteiger partial charge in [-0.15, -0.1) is 4.21 Å². The molecule has 2 heterocycles. The molecule has 0 radical (unpaired) electrons. The van der Waals surface area contributed by atoms with Gasteiger partial charge in [0.05, 0.1) is 10.9 Å². The van der Waals surface area contributed by atoms with Crippen LogP contribution in [0, 0.1) is 5.92 Å². The summed E-state index contributed by atoms with van der Waals surface area (Å²) in [4.78, 5) is 14.7. The van der Waals surface area contributed by atoms with Crippen LogP contribution in [0.15, 0.2) is 23.1 Å². The highest BCUT2D eigenvalue weighted by Gasteiger charge is 2.44. The van der Waals surface area contributed by atoms with Crippen LogP contribution in [0.1, 0.15) is 25.7 Å². The zero-order valence-electron chi connectivity index (χ0n) is 11.5. The van der Waals surface area contributed by atoms with Crippen molar-refractivity contribution in [1.82, 2.24) is 4.90 Å². The Morgan fingerprint density at radius 1 is 1.43 bits per heavy atom. The number of hydrogen-bond acceptors (Lipinski definition) is 5. The quantitative estimate of drug-likeness (QED) is 0.334. The molecule has 3 aliphatic rings. The van der Waals surface area contributed by atoms with Crippen LogP contribution in [0.4, 0.5) is 0 Å². The third kappa shape index (κ3) is 3.31. The summed E-state index contributed by atoms with van der Waals surface area (Å²) >= 11 is 6.60. The molecule has 0 saturated carbocycles. The number of carbonyl (C=O) groups is 1. The zero-order chi connectivity index (χ0) is 15.0. The molecule has 0 aromatic rings. The van der Waals surface area contributed by atoms with Gasteiger partial charge >= 0.3 is 0 Å². The third-order valence-corrected chi connectivity index (χ3v) is 7.19. The Morgan fingerprint density at radius 3 is 2.86 bits per heavy atom. The highest BCUT2D eigenvalue weighted by Crippen LogP contribution is 2.37. The fraction of sp³-hybridized carbons (Fsp3) is 0.571. The average molecular weight is 343 g/mol. The number of hydrogen-bond donors (Lipinski definition) is 0. The predicted octanol–water partition coefficient (Wildman–Crippen LogP) is 2.49. The minimum Gasteiger partial charge on any atom is -0.615 e. The van der Waals surface area contributed by atoms with Gasteiger partial charge in [0.1, 0.15) is 15.8 Å². The van der Waals surface area contributed by atoms with Crippen molar-refractivity contribution in [2.75, 3.05) is 11.5 Å². The number of thiocarbonyl (C=S) groups is 1. The first-order valence-electron chi connectivity index (χ1n) is 7.09. The van der Waals surface area contributed by atoms with E-state index in [-0.39, 0.29) is 23.5 Å². The Hall–Kier alpha value is -0.500. The van der Waals surface area contributed by atoms with E-state index in [1.54, 1.807) is 0 Å². The first kappa shape index (κ1) is 15.4. The van der Waals surface area contributed by atoms with Gasteiger partial charge in [0, 0.05) is 16.6 Å². The molecule has 0 N–H and O–H groups in total. The molecule has 7 heteroatoms. The van der Waals surface area contributed by atoms with E-state index in [0.717, 1.165) is 19.3 Å². The lowest BCUT2D eigenvalue weighted by atomic mass is 9.94. The molecule has 3 atom stereocenters. The predicted molar refractivity (Wildman–Crippen MR) is 88.6 cm³/mol. The van der Waals surface area contributed by atoms with Gasteiger partial charge in [0.15, 0.2) is 0 Å². The molecule has 0 aromatic heterocycles. The van der Waals surface area contributed by atoms with E-state index in [2.05, 4.69) is 12.2 Å². The zero-order valence-corrected chi connectivity index (χ0v) is 14.0. The SMILES string of the molecule is O=C1/C(=C\C2CC=CCC2)SC(=S)N1C1CC[S+](=O)([O-])C1. The molecule has 1 amide bonds. The molecule has 0 spiro atoms. The van der Waals surface area contributed by atoms with Gasteiger partial charge < -0.3 is 4.55 Å². The smallest absolute Gasteiger partial charge is 0.266 e. The highest BCUT2D eigenvalue weighted by molar-refractivity contribution is 8.26. The molecule has 2 saturated heterocycles. The Bertz CT molecular complexity index is 584. The maximum atomic E-state index is 12.5. The van der Waals surface area contributed by atoms with Crippen LogP contribution in [0.25, 0.3) is 0 Å². The second-order valence-corrected chi connectivity index (χ2v) is 9.58. The van der Waals surface area contributed by atoms with E-state index >= 15 is 0 Å². The van der Waals surface area contributed by atoms with Crippen LogP contribution in [0.2, 0.25) is 0 Å². The number of rotatable bonds is 2. The van der Waals surface area contributed by atoms with Crippen LogP contribution in [-0.2, 0) is 19.2 Å². The molecular weight excluding hydrogens is 326 g/mol. The highest BCUT2D eigenvalue weighted by atomic mass is 32.3. The van der Waals surface area contributed by atoms with E-state index in [0.29, 0.717) is 21.6 Å². The summed E-state index contributed by atoms with van der Waals surface area (Å²) in [6.07, 6.45) is 9.89. The van der Waals surface area contributed by atoms with Crippen molar-refractivity contribution in [1.29, 1.82) is 0 Å². The summed E-state index contributed by atoms with van der Waals surface area (Å²) in [5.41, 5.74) is 0. The fourth-order valence-electron chi connectivity index (χ4n) is 2.97. The van der Waals surface area contributed by atoms with Gasteiger partial charge in [-0.05, 0) is 25.2 Å². The minimum atomic E-state index is -3.02. The van der Waals surface area contributed by atoms with Crippen molar-refractivity contribution in [3.8, 4) is 0 Å². The topological polar surface area (TPSA) is 60.4 Å². The van der Waals surface area contributed by atoms with Crippen molar-refractivity contribution < 1.29 is 13.6 Å². The monoisotopic (exact) mass is 343 g/mol. The fourth-order valence-corrected chi connectivity index (χ4v) is 6.14. The van der Waals surface area contributed by atoms with Gasteiger partial charge in [0.2, 0.25) is 0 Å². The Kier molecular flexibility index (Phi) is 4.36. The lowest BCUT2D eigenvalue weighted by Gasteiger charge is -2.20. The molecule has 21 heavy (non-hydrogen) atoms. The molecular formula is C14H17NO3S3. The average Bonchev–Trinajstić information content (AvgIpc) is 2.91. The minimum absolute atomic E-state index is 0.0406. The third-order valence-electron chi connectivity index (χ3n) is 4.09. The van der Waals surface area contributed by atoms with Gasteiger partial charge in [-0.3, -0.25) is 9.69 Å². The summed E-state index contributed by atoms with van der Waals surface area (Å²) in [7, 11) is -3.02. The summed E-state index contributed by atoms with van der Waals surface area (Å²) in [6.45, 7) is 0. The van der Waals surface area contributed by atoms with Crippen LogP contribution < -0.4 is 0 Å². The summed E-state index contributed by atoms with van der Waals surface area (Å²) in [5, 5.41) is 0. The molecule has 3 unspecified atom stereocenters. The summed E-state index contributed by atoms with van der Waals surface area (Å²) in [6, 6.07) is -0.278. The second-order valence-electron chi connectivity index (χ2n) is 5.68. The largest absolute Gasteiger partial charge is 0.615 e. The number of nitrogens with zero attached hydrogens (tertiary/aromatic N) is 1. The molecule has 3 rings (SSSR count). The number of thioether (sulfide) groups is 1. The maximum absolute atomic E-state index is 12.5. The molecule has 114 valence electrons. The van der Waals surface area contributed by atoms with E-state index in [1.807, 2.05) is 6.08 Å². The molecule has 2 aliphatic heterocycles. The number of sulfone groups is 1. The number of amides is 1. The summed E-state index contributed by atoms with van der Waals surface area (Å²) < 4.78 is 23.7. The second kappa shape index (κ2) is 5.95. The van der Waals surface area contributed by atoms with Crippen LogP contribution in [0.5, 0.6) is 0 Å². The van der Waals surface area contributed by atoms with Gasteiger partial charge in [0.25, 0.3) is 5.91 Å². The lowest BCUT2D eigenvalue weighted by Crippen LogP contribution is -2.39. The van der Waals surface area contributed by atoms with Crippen molar-refractivity contribution in [2.24, 2.45) is 5.92 Å². The van der Waals surface area contributed by atoms with Gasteiger partial charge in [-0.25, -0.2) is 0 Å².